The molecule has 0 saturated heterocycles. The maximum Gasteiger partial charge on any atom is 0.0795 e. The summed E-state index contributed by atoms with van der Waals surface area (Å²) in [5, 5.41) is 5.63. The lowest BCUT2D eigenvalue weighted by Gasteiger charge is -2.18. The van der Waals surface area contributed by atoms with Gasteiger partial charge in [-0.3, -0.25) is 0 Å². The summed E-state index contributed by atoms with van der Waals surface area (Å²) in [6.07, 6.45) is 3.87. The van der Waals surface area contributed by atoms with Crippen molar-refractivity contribution in [2.45, 2.75) is 53.0 Å². The van der Waals surface area contributed by atoms with E-state index in [2.05, 4.69) is 43.4 Å². The third kappa shape index (κ3) is 5.61. The van der Waals surface area contributed by atoms with Gasteiger partial charge in [0.15, 0.2) is 0 Å². The number of thiazole rings is 1. The van der Waals surface area contributed by atoms with Crippen molar-refractivity contribution in [3.8, 4) is 0 Å². The first-order valence-corrected chi connectivity index (χ1v) is 7.05. The molecule has 0 aliphatic rings. The van der Waals surface area contributed by atoms with E-state index in [0.29, 0.717) is 11.5 Å². The third-order valence-corrected chi connectivity index (χ3v) is 3.30. The lowest BCUT2D eigenvalue weighted by Crippen LogP contribution is -2.20. The summed E-state index contributed by atoms with van der Waals surface area (Å²) in [6.45, 7) is 10.2. The van der Waals surface area contributed by atoms with E-state index < -0.39 is 0 Å². The van der Waals surface area contributed by atoms with Crippen molar-refractivity contribution in [2.75, 3.05) is 6.54 Å². The molecule has 0 bridgehead atoms. The highest BCUT2D eigenvalue weighted by atomic mass is 32.1. The number of aromatic nitrogens is 1. The van der Waals surface area contributed by atoms with Crippen LogP contribution in [0.2, 0.25) is 0 Å². The van der Waals surface area contributed by atoms with E-state index >= 15 is 0 Å². The van der Waals surface area contributed by atoms with E-state index in [1.807, 2.05) is 5.51 Å². The molecule has 0 radical (unpaired) electrons. The summed E-state index contributed by atoms with van der Waals surface area (Å²) in [4.78, 5) is 4.31. The topological polar surface area (TPSA) is 24.9 Å². The van der Waals surface area contributed by atoms with Gasteiger partial charge >= 0.3 is 0 Å². The minimum Gasteiger partial charge on any atom is -0.309 e. The van der Waals surface area contributed by atoms with Gasteiger partial charge in [0.05, 0.1) is 11.2 Å². The van der Waals surface area contributed by atoms with E-state index in [9.17, 15) is 0 Å². The van der Waals surface area contributed by atoms with Crippen LogP contribution in [0.1, 0.15) is 58.7 Å². The second-order valence-electron chi connectivity index (χ2n) is 5.61. The van der Waals surface area contributed by atoms with Crippen molar-refractivity contribution in [3.63, 3.8) is 0 Å². The minimum atomic E-state index is 0.390. The Kier molecular flexibility index (Phi) is 5.42. The quantitative estimate of drug-likeness (QED) is 0.760. The van der Waals surface area contributed by atoms with Gasteiger partial charge in [-0.15, -0.1) is 11.3 Å². The average Bonchev–Trinajstić information content (AvgIpc) is 2.67. The van der Waals surface area contributed by atoms with Gasteiger partial charge in [-0.25, -0.2) is 4.98 Å². The highest BCUT2D eigenvalue weighted by Gasteiger charge is 2.09. The van der Waals surface area contributed by atoms with Gasteiger partial charge < -0.3 is 5.32 Å². The molecule has 0 amide bonds. The van der Waals surface area contributed by atoms with E-state index in [-0.39, 0.29) is 0 Å². The molecule has 92 valence electrons. The molecule has 0 saturated carbocycles. The molecule has 1 unspecified atom stereocenters. The highest BCUT2D eigenvalue weighted by molar-refractivity contribution is 7.07. The Hall–Kier alpha value is -0.410. The van der Waals surface area contributed by atoms with Gasteiger partial charge in [0.2, 0.25) is 0 Å². The fourth-order valence-electron chi connectivity index (χ4n) is 1.64. The SMILES string of the molecule is CC(NCCCCC(C)(C)C)c1cscn1. The van der Waals surface area contributed by atoms with Crippen LogP contribution in [-0.2, 0) is 0 Å². The number of rotatable bonds is 6. The van der Waals surface area contributed by atoms with Crippen LogP contribution in [0, 0.1) is 5.41 Å². The first-order valence-electron chi connectivity index (χ1n) is 6.10. The molecule has 1 heterocycles. The van der Waals surface area contributed by atoms with Crippen LogP contribution in [0.15, 0.2) is 10.9 Å². The Morgan fingerprint density at radius 2 is 2.12 bits per heavy atom. The van der Waals surface area contributed by atoms with Crippen LogP contribution in [0.3, 0.4) is 0 Å². The molecule has 16 heavy (non-hydrogen) atoms. The zero-order valence-electron chi connectivity index (χ0n) is 10.9. The number of hydrogen-bond acceptors (Lipinski definition) is 3. The van der Waals surface area contributed by atoms with Crippen molar-refractivity contribution in [1.29, 1.82) is 0 Å². The number of unbranched alkanes of at least 4 members (excludes halogenated alkanes) is 1. The largest absolute Gasteiger partial charge is 0.309 e. The minimum absolute atomic E-state index is 0.390. The van der Waals surface area contributed by atoms with Crippen molar-refractivity contribution in [1.82, 2.24) is 10.3 Å². The highest BCUT2D eigenvalue weighted by Crippen LogP contribution is 2.21. The van der Waals surface area contributed by atoms with Gasteiger partial charge in [-0.05, 0) is 31.7 Å². The fraction of sp³-hybridized carbons (Fsp3) is 0.769. The molecule has 3 heteroatoms. The summed E-state index contributed by atoms with van der Waals surface area (Å²) in [5.41, 5.74) is 3.54. The lowest BCUT2D eigenvalue weighted by atomic mass is 9.90. The molecule has 0 aliphatic carbocycles. The summed E-state index contributed by atoms with van der Waals surface area (Å²) in [5.74, 6) is 0. The Morgan fingerprint density at radius 3 is 2.69 bits per heavy atom. The monoisotopic (exact) mass is 240 g/mol. The molecule has 0 aromatic carbocycles. The van der Waals surface area contributed by atoms with Crippen LogP contribution < -0.4 is 5.32 Å². The van der Waals surface area contributed by atoms with Gasteiger partial charge in [-0.1, -0.05) is 27.2 Å². The first kappa shape index (κ1) is 13.7. The normalized spacial score (nSPS) is 14.0. The lowest BCUT2D eigenvalue weighted by molar-refractivity contribution is 0.356. The molecular weight excluding hydrogens is 216 g/mol. The Bertz CT molecular complexity index is 275. The number of hydrogen-bond donors (Lipinski definition) is 1. The number of nitrogens with zero attached hydrogens (tertiary/aromatic N) is 1. The maximum atomic E-state index is 4.31. The van der Waals surface area contributed by atoms with Crippen LogP contribution in [0.5, 0.6) is 0 Å². The molecule has 1 N–H and O–H groups in total. The molecule has 1 rings (SSSR count). The molecule has 1 aromatic heterocycles. The Morgan fingerprint density at radius 1 is 1.38 bits per heavy atom. The molecular formula is C13H24N2S. The van der Waals surface area contributed by atoms with E-state index in [1.54, 1.807) is 11.3 Å². The Labute approximate surface area is 103 Å². The summed E-state index contributed by atoms with van der Waals surface area (Å²) in [6, 6.07) is 0.390. The summed E-state index contributed by atoms with van der Waals surface area (Å²) < 4.78 is 0. The van der Waals surface area contributed by atoms with Crippen molar-refractivity contribution >= 4 is 11.3 Å². The van der Waals surface area contributed by atoms with Crippen LogP contribution >= 0.6 is 11.3 Å². The molecule has 0 aliphatic heterocycles. The standard InChI is InChI=1S/C13H24N2S/c1-11(12-9-16-10-15-12)14-8-6-5-7-13(2,3)4/h9-11,14H,5-8H2,1-4H3. The van der Waals surface area contributed by atoms with Gasteiger partial charge in [0, 0.05) is 11.4 Å². The van der Waals surface area contributed by atoms with Crippen molar-refractivity contribution in [2.24, 2.45) is 5.41 Å². The molecule has 1 atom stereocenters. The van der Waals surface area contributed by atoms with Gasteiger partial charge in [-0.2, -0.15) is 0 Å². The zero-order valence-corrected chi connectivity index (χ0v) is 11.7. The molecule has 1 aromatic rings. The van der Waals surface area contributed by atoms with Gasteiger partial charge in [0.1, 0.15) is 0 Å². The van der Waals surface area contributed by atoms with Crippen molar-refractivity contribution in [3.05, 3.63) is 16.6 Å². The first-order chi connectivity index (χ1) is 7.49. The zero-order chi connectivity index (χ0) is 12.0. The van der Waals surface area contributed by atoms with E-state index in [1.165, 1.54) is 25.0 Å². The molecule has 0 fully saturated rings. The second-order valence-corrected chi connectivity index (χ2v) is 6.33. The summed E-state index contributed by atoms with van der Waals surface area (Å²) >= 11 is 1.66. The fourth-order valence-corrected chi connectivity index (χ4v) is 2.29. The Balaban J connectivity index is 2.08. The number of nitrogens with one attached hydrogen (secondary N) is 1. The molecule has 0 spiro atoms. The van der Waals surface area contributed by atoms with Gasteiger partial charge in [0.25, 0.3) is 0 Å². The molecule has 2 nitrogen and oxygen atoms in total. The van der Waals surface area contributed by atoms with Crippen LogP contribution in [-0.4, -0.2) is 11.5 Å². The van der Waals surface area contributed by atoms with Crippen LogP contribution in [0.25, 0.3) is 0 Å². The average molecular weight is 240 g/mol. The van der Waals surface area contributed by atoms with Crippen molar-refractivity contribution < 1.29 is 0 Å². The predicted octanol–water partition coefficient (Wildman–Crippen LogP) is 4.01. The predicted molar refractivity (Wildman–Crippen MR) is 71.8 cm³/mol. The summed E-state index contributed by atoms with van der Waals surface area (Å²) in [7, 11) is 0. The second kappa shape index (κ2) is 6.36. The van der Waals surface area contributed by atoms with E-state index in [0.717, 1.165) is 6.54 Å². The van der Waals surface area contributed by atoms with Crippen LogP contribution in [0.4, 0.5) is 0 Å². The maximum absolute atomic E-state index is 4.31. The smallest absolute Gasteiger partial charge is 0.0795 e. The van der Waals surface area contributed by atoms with E-state index in [4.69, 9.17) is 0 Å². The third-order valence-electron chi connectivity index (χ3n) is 2.70.